The molecule has 3 aromatic rings. The van der Waals surface area contributed by atoms with E-state index in [1.165, 1.54) is 12.1 Å². The number of fused-ring (bicyclic) bond motifs is 1. The van der Waals surface area contributed by atoms with Crippen molar-refractivity contribution in [1.29, 1.82) is 0 Å². The lowest BCUT2D eigenvalue weighted by Gasteiger charge is -2.31. The number of nitrogens with one attached hydrogen (secondary N) is 1. The highest BCUT2D eigenvalue weighted by Gasteiger charge is 2.33. The fourth-order valence-corrected chi connectivity index (χ4v) is 4.28. The quantitative estimate of drug-likeness (QED) is 0.678. The molecular formula is C23H27FN4O2. The molecule has 30 heavy (non-hydrogen) atoms. The van der Waals surface area contributed by atoms with Crippen LogP contribution in [0.1, 0.15) is 35.3 Å². The number of amides is 1. The number of likely N-dealkylation sites (N-methyl/N-ethyl adjacent to an activating group) is 1. The lowest BCUT2D eigenvalue weighted by atomic mass is 9.94. The number of rotatable bonds is 5. The van der Waals surface area contributed by atoms with E-state index in [1.807, 2.05) is 36.2 Å². The summed E-state index contributed by atoms with van der Waals surface area (Å²) in [7, 11) is 1.95. The number of nitrogens with zero attached hydrogens (tertiary/aromatic N) is 3. The molecule has 1 aliphatic rings. The molecule has 158 valence electrons. The van der Waals surface area contributed by atoms with E-state index < -0.39 is 5.60 Å². The minimum Gasteiger partial charge on any atom is -0.388 e. The van der Waals surface area contributed by atoms with Crippen LogP contribution in [0.4, 0.5) is 4.39 Å². The van der Waals surface area contributed by atoms with Crippen molar-refractivity contribution in [3.63, 3.8) is 0 Å². The molecule has 1 unspecified atom stereocenters. The van der Waals surface area contributed by atoms with Crippen molar-refractivity contribution in [3.8, 4) is 0 Å². The van der Waals surface area contributed by atoms with Crippen molar-refractivity contribution in [3.05, 3.63) is 65.6 Å². The number of carbonyl (C=O) groups excluding carboxylic acids is 1. The van der Waals surface area contributed by atoms with Gasteiger partial charge >= 0.3 is 0 Å². The lowest BCUT2D eigenvalue weighted by molar-refractivity contribution is -0.00402. The molecule has 6 nitrogen and oxygen atoms in total. The number of aromatic amines is 1. The maximum absolute atomic E-state index is 13.1. The summed E-state index contributed by atoms with van der Waals surface area (Å²) >= 11 is 0. The zero-order valence-electron chi connectivity index (χ0n) is 17.1. The first-order chi connectivity index (χ1) is 14.4. The summed E-state index contributed by atoms with van der Waals surface area (Å²) in [5.74, 6) is -0.352. The maximum Gasteiger partial charge on any atom is 0.274 e. The number of aromatic nitrogens is 2. The first-order valence-electron chi connectivity index (χ1n) is 10.3. The molecule has 1 aromatic heterocycles. The van der Waals surface area contributed by atoms with Crippen LogP contribution in [0.3, 0.4) is 0 Å². The molecule has 1 amide bonds. The van der Waals surface area contributed by atoms with Gasteiger partial charge in [-0.05, 0) is 50.1 Å². The number of hydrogen-bond acceptors (Lipinski definition) is 4. The fraction of sp³-hybridized carbons (Fsp3) is 0.391. The Labute approximate surface area is 175 Å². The van der Waals surface area contributed by atoms with E-state index in [0.29, 0.717) is 44.7 Å². The molecule has 0 aliphatic carbocycles. The van der Waals surface area contributed by atoms with Crippen LogP contribution in [0.5, 0.6) is 0 Å². The highest BCUT2D eigenvalue weighted by molar-refractivity contribution is 6.04. The fourth-order valence-electron chi connectivity index (χ4n) is 4.28. The van der Waals surface area contributed by atoms with Gasteiger partial charge in [-0.3, -0.25) is 14.8 Å². The second-order valence-electron chi connectivity index (χ2n) is 8.29. The van der Waals surface area contributed by atoms with Gasteiger partial charge in [-0.25, -0.2) is 4.39 Å². The summed E-state index contributed by atoms with van der Waals surface area (Å²) in [6.07, 6.45) is 1.87. The molecule has 0 spiro atoms. The Morgan fingerprint density at radius 2 is 1.97 bits per heavy atom. The first kappa shape index (κ1) is 20.5. The standard InChI is InChI=1S/C23H27FN4O2/c1-27(15-17-7-9-18(24)10-8-17)16-23(30)11-4-13-28(14-12-23)22(29)21-19-5-2-3-6-20(19)25-26-21/h2-3,5-10,30H,4,11-16H2,1H3,(H,25,26). The molecule has 2 N–H and O–H groups in total. The monoisotopic (exact) mass is 410 g/mol. The Kier molecular flexibility index (Phi) is 5.83. The predicted molar refractivity (Wildman–Crippen MR) is 114 cm³/mol. The number of benzene rings is 2. The van der Waals surface area contributed by atoms with E-state index in [0.717, 1.165) is 22.9 Å². The molecule has 7 heteroatoms. The third-order valence-corrected chi connectivity index (χ3v) is 5.81. The normalized spacial score (nSPS) is 19.9. The van der Waals surface area contributed by atoms with Crippen molar-refractivity contribution in [2.75, 3.05) is 26.7 Å². The summed E-state index contributed by atoms with van der Waals surface area (Å²) < 4.78 is 13.1. The van der Waals surface area contributed by atoms with Gasteiger partial charge in [0.2, 0.25) is 0 Å². The van der Waals surface area contributed by atoms with Crippen molar-refractivity contribution < 1.29 is 14.3 Å². The largest absolute Gasteiger partial charge is 0.388 e. The van der Waals surface area contributed by atoms with Crippen LogP contribution < -0.4 is 0 Å². The van der Waals surface area contributed by atoms with Gasteiger partial charge in [0.05, 0.1) is 11.1 Å². The molecule has 1 fully saturated rings. The number of carbonyl (C=O) groups is 1. The minimum atomic E-state index is -0.864. The molecule has 1 atom stereocenters. The average Bonchev–Trinajstić information content (AvgIpc) is 3.06. The molecular weight excluding hydrogens is 383 g/mol. The van der Waals surface area contributed by atoms with Crippen molar-refractivity contribution in [2.24, 2.45) is 0 Å². The molecule has 4 rings (SSSR count). The number of H-pyrrole nitrogens is 1. The van der Waals surface area contributed by atoms with E-state index in [-0.39, 0.29) is 11.7 Å². The van der Waals surface area contributed by atoms with E-state index >= 15 is 0 Å². The molecule has 0 saturated carbocycles. The summed E-state index contributed by atoms with van der Waals surface area (Å²) in [6, 6.07) is 14.0. The molecule has 0 bridgehead atoms. The van der Waals surface area contributed by atoms with Gasteiger partial charge in [0.1, 0.15) is 5.82 Å². The van der Waals surface area contributed by atoms with Crippen molar-refractivity contribution >= 4 is 16.8 Å². The number of likely N-dealkylation sites (tertiary alicyclic amines) is 1. The molecule has 1 aliphatic heterocycles. The molecule has 1 saturated heterocycles. The van der Waals surface area contributed by atoms with E-state index in [2.05, 4.69) is 10.2 Å². The van der Waals surface area contributed by atoms with Crippen LogP contribution in [0.15, 0.2) is 48.5 Å². The van der Waals surface area contributed by atoms with E-state index in [4.69, 9.17) is 0 Å². The van der Waals surface area contributed by atoms with Gasteiger partial charge in [-0.15, -0.1) is 0 Å². The van der Waals surface area contributed by atoms with Gasteiger partial charge in [0.25, 0.3) is 5.91 Å². The van der Waals surface area contributed by atoms with Crippen LogP contribution in [0, 0.1) is 5.82 Å². The SMILES string of the molecule is CN(Cc1ccc(F)cc1)CC1(O)CCCN(C(=O)c2n[nH]c3ccccc23)CC1. The average molecular weight is 410 g/mol. The lowest BCUT2D eigenvalue weighted by Crippen LogP contribution is -2.42. The smallest absolute Gasteiger partial charge is 0.274 e. The van der Waals surface area contributed by atoms with Crippen molar-refractivity contribution in [2.45, 2.75) is 31.4 Å². The van der Waals surface area contributed by atoms with Crippen molar-refractivity contribution in [1.82, 2.24) is 20.0 Å². The topological polar surface area (TPSA) is 72.5 Å². The zero-order chi connectivity index (χ0) is 21.1. The number of hydrogen-bond donors (Lipinski definition) is 2. The van der Waals surface area contributed by atoms with Crippen LogP contribution in [0.25, 0.3) is 10.9 Å². The van der Waals surface area contributed by atoms with Gasteiger partial charge in [0, 0.05) is 31.6 Å². The Hall–Kier alpha value is -2.77. The van der Waals surface area contributed by atoms with Crippen LogP contribution in [-0.2, 0) is 6.54 Å². The second-order valence-corrected chi connectivity index (χ2v) is 8.29. The van der Waals surface area contributed by atoms with Gasteiger partial charge in [-0.1, -0.05) is 30.3 Å². The first-order valence-corrected chi connectivity index (χ1v) is 10.3. The van der Waals surface area contributed by atoms with Crippen LogP contribution in [0.2, 0.25) is 0 Å². The number of halogens is 1. The highest BCUT2D eigenvalue weighted by atomic mass is 19.1. The number of para-hydroxylation sites is 1. The summed E-state index contributed by atoms with van der Waals surface area (Å²) in [6.45, 7) is 2.22. The van der Waals surface area contributed by atoms with Gasteiger partial charge in [0.15, 0.2) is 5.69 Å². The van der Waals surface area contributed by atoms with Gasteiger partial charge < -0.3 is 10.0 Å². The Bertz CT molecular complexity index is 1020. The third-order valence-electron chi connectivity index (χ3n) is 5.81. The summed E-state index contributed by atoms with van der Waals surface area (Å²) in [4.78, 5) is 16.9. The van der Waals surface area contributed by atoms with Crippen LogP contribution >= 0.6 is 0 Å². The molecule has 2 aromatic carbocycles. The molecule has 2 heterocycles. The second kappa shape index (κ2) is 8.53. The third kappa shape index (κ3) is 4.52. The summed E-state index contributed by atoms with van der Waals surface area (Å²) in [5.41, 5.74) is 1.41. The zero-order valence-corrected chi connectivity index (χ0v) is 17.1. The molecule has 0 radical (unpaired) electrons. The van der Waals surface area contributed by atoms with E-state index in [9.17, 15) is 14.3 Å². The van der Waals surface area contributed by atoms with Gasteiger partial charge in [-0.2, -0.15) is 5.10 Å². The Morgan fingerprint density at radius 3 is 2.77 bits per heavy atom. The van der Waals surface area contributed by atoms with Crippen LogP contribution in [-0.4, -0.2) is 63.3 Å². The number of aliphatic hydroxyl groups is 1. The Balaban J connectivity index is 1.39. The summed E-state index contributed by atoms with van der Waals surface area (Å²) in [5, 5.41) is 19.1. The maximum atomic E-state index is 13.1. The highest BCUT2D eigenvalue weighted by Crippen LogP contribution is 2.26. The Morgan fingerprint density at radius 1 is 1.20 bits per heavy atom. The minimum absolute atomic E-state index is 0.101. The van der Waals surface area contributed by atoms with E-state index in [1.54, 1.807) is 17.0 Å². The predicted octanol–water partition coefficient (Wildman–Crippen LogP) is 3.19.